The van der Waals surface area contributed by atoms with Crippen LogP contribution in [0.3, 0.4) is 0 Å². The normalized spacial score (nSPS) is 11.7. The molecule has 0 bridgehead atoms. The lowest BCUT2D eigenvalue weighted by Gasteiger charge is -2.15. The number of nitrogens with one attached hydrogen (secondary N) is 1. The molecule has 0 fully saturated rings. The minimum Gasteiger partial charge on any atom is -0.368 e. The van der Waals surface area contributed by atoms with E-state index in [2.05, 4.69) is 5.32 Å². The Bertz CT molecular complexity index is 670. The second kappa shape index (κ2) is 7.29. The maximum atomic E-state index is 12.1. The van der Waals surface area contributed by atoms with E-state index >= 15 is 0 Å². The van der Waals surface area contributed by atoms with Crippen LogP contribution in [-0.2, 0) is 11.2 Å². The fraction of sp³-hybridized carbons (Fsp3) is 0.125. The summed E-state index contributed by atoms with van der Waals surface area (Å²) in [4.78, 5) is 23.7. The van der Waals surface area contributed by atoms with Gasteiger partial charge >= 0.3 is 0 Å². The van der Waals surface area contributed by atoms with Crippen LogP contribution in [0.5, 0.6) is 0 Å². The van der Waals surface area contributed by atoms with Crippen LogP contribution in [0.1, 0.15) is 15.9 Å². The van der Waals surface area contributed by atoms with E-state index in [1.807, 2.05) is 0 Å². The first-order valence-electron chi connectivity index (χ1n) is 6.56. The SMILES string of the molecule is NC(=O)[C@@H](Cc1ccc(Cl)cc1)NC(=O)c1ccc(Cl)cc1. The van der Waals surface area contributed by atoms with Crippen LogP contribution in [0.4, 0.5) is 0 Å². The van der Waals surface area contributed by atoms with E-state index in [4.69, 9.17) is 28.9 Å². The Hall–Kier alpha value is -2.04. The molecule has 2 rings (SSSR count). The highest BCUT2D eigenvalue weighted by molar-refractivity contribution is 6.30. The molecule has 22 heavy (non-hydrogen) atoms. The summed E-state index contributed by atoms with van der Waals surface area (Å²) in [6, 6.07) is 12.6. The van der Waals surface area contributed by atoms with Gasteiger partial charge in [-0.15, -0.1) is 0 Å². The van der Waals surface area contributed by atoms with Crippen LogP contribution in [0.15, 0.2) is 48.5 Å². The van der Waals surface area contributed by atoms with Crippen molar-refractivity contribution in [1.82, 2.24) is 5.32 Å². The molecular formula is C16H14Cl2N2O2. The number of hydrogen-bond acceptors (Lipinski definition) is 2. The summed E-state index contributed by atoms with van der Waals surface area (Å²) in [5, 5.41) is 3.76. The lowest BCUT2D eigenvalue weighted by Crippen LogP contribution is -2.45. The third-order valence-corrected chi connectivity index (χ3v) is 3.61. The molecule has 0 aromatic heterocycles. The Balaban J connectivity index is 2.08. The van der Waals surface area contributed by atoms with Gasteiger partial charge in [-0.1, -0.05) is 35.3 Å². The Morgan fingerprint density at radius 2 is 1.45 bits per heavy atom. The smallest absolute Gasteiger partial charge is 0.251 e. The van der Waals surface area contributed by atoms with Crippen molar-refractivity contribution in [3.8, 4) is 0 Å². The minimum absolute atomic E-state index is 0.297. The zero-order valence-corrected chi connectivity index (χ0v) is 13.1. The van der Waals surface area contributed by atoms with Crippen molar-refractivity contribution in [2.75, 3.05) is 0 Å². The molecule has 2 amide bonds. The zero-order valence-electron chi connectivity index (χ0n) is 11.6. The van der Waals surface area contributed by atoms with E-state index < -0.39 is 11.9 Å². The first-order chi connectivity index (χ1) is 10.5. The molecule has 0 saturated carbocycles. The molecule has 4 nitrogen and oxygen atoms in total. The average Bonchev–Trinajstić information content (AvgIpc) is 2.49. The van der Waals surface area contributed by atoms with Crippen LogP contribution >= 0.6 is 23.2 Å². The zero-order chi connectivity index (χ0) is 16.1. The van der Waals surface area contributed by atoms with E-state index in [9.17, 15) is 9.59 Å². The summed E-state index contributed by atoms with van der Waals surface area (Å²) in [6.07, 6.45) is 0.297. The molecule has 1 atom stereocenters. The van der Waals surface area contributed by atoms with Gasteiger partial charge in [0.2, 0.25) is 5.91 Å². The number of nitrogens with two attached hydrogens (primary N) is 1. The van der Waals surface area contributed by atoms with E-state index in [1.165, 1.54) is 0 Å². The van der Waals surface area contributed by atoms with E-state index in [-0.39, 0.29) is 5.91 Å². The number of amides is 2. The molecule has 0 aliphatic rings. The molecule has 0 aliphatic heterocycles. The molecular weight excluding hydrogens is 323 g/mol. The van der Waals surface area contributed by atoms with Crippen molar-refractivity contribution in [3.05, 3.63) is 69.7 Å². The number of carbonyl (C=O) groups is 2. The van der Waals surface area contributed by atoms with Crippen LogP contribution in [0.25, 0.3) is 0 Å². The highest BCUT2D eigenvalue weighted by Gasteiger charge is 2.19. The van der Waals surface area contributed by atoms with Crippen molar-refractivity contribution in [1.29, 1.82) is 0 Å². The number of benzene rings is 2. The highest BCUT2D eigenvalue weighted by atomic mass is 35.5. The standard InChI is InChI=1S/C16H14Cl2N2O2/c17-12-5-1-10(2-6-12)9-14(15(19)21)20-16(22)11-3-7-13(18)8-4-11/h1-8,14H,9H2,(H2,19,21)(H,20,22)/t14-/m1/s1. The van der Waals surface area contributed by atoms with Gasteiger partial charge in [-0.2, -0.15) is 0 Å². The van der Waals surface area contributed by atoms with Gasteiger partial charge in [-0.05, 0) is 42.0 Å². The maximum Gasteiger partial charge on any atom is 0.251 e. The number of halogens is 2. The number of carbonyl (C=O) groups excluding carboxylic acids is 2. The maximum absolute atomic E-state index is 12.1. The summed E-state index contributed by atoms with van der Waals surface area (Å²) < 4.78 is 0. The van der Waals surface area contributed by atoms with Crippen LogP contribution < -0.4 is 11.1 Å². The Labute approximate surface area is 138 Å². The summed E-state index contributed by atoms with van der Waals surface area (Å²) in [6.45, 7) is 0. The van der Waals surface area contributed by atoms with Gasteiger partial charge in [0.1, 0.15) is 6.04 Å². The van der Waals surface area contributed by atoms with Gasteiger partial charge in [0.25, 0.3) is 5.91 Å². The predicted octanol–water partition coefficient (Wildman–Crippen LogP) is 2.82. The van der Waals surface area contributed by atoms with Gasteiger partial charge in [0.05, 0.1) is 0 Å². The van der Waals surface area contributed by atoms with Crippen molar-refractivity contribution in [2.24, 2.45) is 5.73 Å². The quantitative estimate of drug-likeness (QED) is 0.881. The first-order valence-corrected chi connectivity index (χ1v) is 7.31. The Morgan fingerprint density at radius 3 is 1.95 bits per heavy atom. The van der Waals surface area contributed by atoms with Crippen molar-refractivity contribution in [2.45, 2.75) is 12.5 Å². The largest absolute Gasteiger partial charge is 0.368 e. The highest BCUT2D eigenvalue weighted by Crippen LogP contribution is 2.12. The number of hydrogen-bond donors (Lipinski definition) is 2. The molecule has 0 saturated heterocycles. The average molecular weight is 337 g/mol. The van der Waals surface area contributed by atoms with Gasteiger partial charge in [-0.25, -0.2) is 0 Å². The lowest BCUT2D eigenvalue weighted by atomic mass is 10.0. The molecule has 0 unspecified atom stereocenters. The minimum atomic E-state index is -0.802. The molecule has 0 aliphatic carbocycles. The first kappa shape index (κ1) is 16.3. The third-order valence-electron chi connectivity index (χ3n) is 3.11. The fourth-order valence-electron chi connectivity index (χ4n) is 1.92. The van der Waals surface area contributed by atoms with Gasteiger partial charge in [-0.3, -0.25) is 9.59 Å². The van der Waals surface area contributed by atoms with Crippen LogP contribution in [0, 0.1) is 0 Å². The second-order valence-corrected chi connectivity index (χ2v) is 5.64. The van der Waals surface area contributed by atoms with Crippen LogP contribution in [-0.4, -0.2) is 17.9 Å². The van der Waals surface area contributed by atoms with Crippen molar-refractivity contribution >= 4 is 35.0 Å². The lowest BCUT2D eigenvalue weighted by molar-refractivity contribution is -0.119. The summed E-state index contributed by atoms with van der Waals surface area (Å²) in [7, 11) is 0. The third kappa shape index (κ3) is 4.48. The fourth-order valence-corrected chi connectivity index (χ4v) is 2.17. The molecule has 2 aromatic rings. The van der Waals surface area contributed by atoms with E-state index in [0.29, 0.717) is 22.0 Å². The Kier molecular flexibility index (Phi) is 5.41. The van der Waals surface area contributed by atoms with Gasteiger partial charge in [0.15, 0.2) is 0 Å². The monoisotopic (exact) mass is 336 g/mol. The van der Waals surface area contributed by atoms with E-state index in [1.54, 1.807) is 48.5 Å². The molecule has 0 heterocycles. The molecule has 0 spiro atoms. The Morgan fingerprint density at radius 1 is 0.955 bits per heavy atom. The summed E-state index contributed by atoms with van der Waals surface area (Å²) in [5.41, 5.74) is 6.62. The van der Waals surface area contributed by atoms with Gasteiger partial charge < -0.3 is 11.1 Å². The molecule has 2 aromatic carbocycles. The number of rotatable bonds is 5. The summed E-state index contributed by atoms with van der Waals surface area (Å²) >= 11 is 11.6. The van der Waals surface area contributed by atoms with Gasteiger partial charge in [0, 0.05) is 22.0 Å². The van der Waals surface area contributed by atoms with Crippen molar-refractivity contribution in [3.63, 3.8) is 0 Å². The van der Waals surface area contributed by atoms with E-state index in [0.717, 1.165) is 5.56 Å². The van der Waals surface area contributed by atoms with Crippen LogP contribution in [0.2, 0.25) is 10.0 Å². The number of primary amides is 1. The van der Waals surface area contributed by atoms with Crippen molar-refractivity contribution < 1.29 is 9.59 Å². The molecule has 6 heteroatoms. The topological polar surface area (TPSA) is 72.2 Å². The molecule has 3 N–H and O–H groups in total. The predicted molar refractivity (Wildman–Crippen MR) is 87.1 cm³/mol. The molecule has 0 radical (unpaired) electrons. The molecule has 114 valence electrons. The summed E-state index contributed by atoms with van der Waals surface area (Å²) in [5.74, 6) is -0.980. The second-order valence-electron chi connectivity index (χ2n) is 4.77.